The normalized spacial score (nSPS) is 13.0. The summed E-state index contributed by atoms with van der Waals surface area (Å²) in [5.41, 5.74) is 43.5. The number of nitrogens with zero attached hydrogens (tertiary/aromatic N) is 4. The number of benzene rings is 12. The molecule has 0 aliphatic carbocycles. The summed E-state index contributed by atoms with van der Waals surface area (Å²) < 4.78 is 0. The predicted molar refractivity (Wildman–Crippen MR) is 514 cm³/mol. The van der Waals surface area contributed by atoms with Gasteiger partial charge in [0.1, 0.15) is 0 Å². The molecule has 0 unspecified atom stereocenters. The summed E-state index contributed by atoms with van der Waals surface area (Å²) in [5, 5.41) is 7.19. The predicted octanol–water partition coefficient (Wildman–Crippen LogP) is 33.8. The molecule has 0 N–H and O–H groups in total. The topological polar surface area (TPSA) is 13.0 Å². The molecule has 0 fully saturated rings. The maximum atomic E-state index is 2.79. The number of hydrogen-bond donors (Lipinski definition) is 0. The molecule has 4 heteroatoms. The van der Waals surface area contributed by atoms with E-state index in [4.69, 9.17) is 0 Å². The van der Waals surface area contributed by atoms with E-state index in [2.05, 4.69) is 430 Å². The average Bonchev–Trinajstić information content (AvgIpc) is 0.689. The van der Waals surface area contributed by atoms with Crippen LogP contribution in [-0.4, -0.2) is 0 Å². The molecule has 0 radical (unpaired) electrons. The van der Waals surface area contributed by atoms with Crippen LogP contribution in [0.4, 0.5) is 68.2 Å². The van der Waals surface area contributed by atoms with Gasteiger partial charge in [-0.25, -0.2) is 0 Å². The van der Waals surface area contributed by atoms with Crippen LogP contribution in [0.25, 0.3) is 32.3 Å². The lowest BCUT2D eigenvalue weighted by atomic mass is 9.75. The van der Waals surface area contributed by atoms with Gasteiger partial charge in [-0.2, -0.15) is 0 Å². The number of aryl methyl sites for hydroxylation is 8. The maximum Gasteiger partial charge on any atom is 0.0562 e. The fourth-order valence-corrected chi connectivity index (χ4v) is 20.9. The second kappa shape index (κ2) is 29.4. The Balaban J connectivity index is 1.51. The van der Waals surface area contributed by atoms with E-state index in [0.717, 1.165) is 22.7 Å². The van der Waals surface area contributed by atoms with Crippen LogP contribution >= 0.6 is 0 Å². The molecule has 610 valence electrons. The summed E-state index contributed by atoms with van der Waals surface area (Å²) in [4.78, 5) is 11.1. The van der Waals surface area contributed by atoms with Gasteiger partial charge in [0.25, 0.3) is 0 Å². The Kier molecular flexibility index (Phi) is 21.9. The van der Waals surface area contributed by atoms with Gasteiger partial charge in [0.05, 0.1) is 68.2 Å². The largest absolute Gasteiger partial charge is 0.309 e. The van der Waals surface area contributed by atoms with Crippen molar-refractivity contribution in [2.45, 2.75) is 320 Å². The second-order valence-electron chi connectivity index (χ2n) is 43.5. The van der Waals surface area contributed by atoms with Gasteiger partial charge in [0.15, 0.2) is 0 Å². The molecule has 0 saturated heterocycles. The maximum absolute atomic E-state index is 2.79. The smallest absolute Gasteiger partial charge is 0.0562 e. The minimum absolute atomic E-state index is 0.202. The van der Waals surface area contributed by atoms with E-state index in [1.165, 1.54) is 211 Å². The molecule has 0 amide bonds. The van der Waals surface area contributed by atoms with Gasteiger partial charge in [0.2, 0.25) is 0 Å². The first-order chi connectivity index (χ1) is 53.3. The van der Waals surface area contributed by atoms with E-state index < -0.39 is 0 Å². The van der Waals surface area contributed by atoms with Gasteiger partial charge < -0.3 is 19.6 Å². The lowest BCUT2D eigenvalue weighted by Crippen LogP contribution is -2.25. The van der Waals surface area contributed by atoms with Gasteiger partial charge >= 0.3 is 0 Å². The molecule has 12 aromatic rings. The summed E-state index contributed by atoms with van der Waals surface area (Å²) in [7, 11) is 0. The summed E-state index contributed by atoms with van der Waals surface area (Å²) >= 11 is 0. The third-order valence-corrected chi connectivity index (χ3v) is 26.0. The molecule has 4 nitrogen and oxygen atoms in total. The highest BCUT2D eigenvalue weighted by atomic mass is 15.2. The highest BCUT2D eigenvalue weighted by Crippen LogP contribution is 2.61. The van der Waals surface area contributed by atoms with Crippen LogP contribution in [0.1, 0.15) is 300 Å². The van der Waals surface area contributed by atoms with Crippen LogP contribution in [0.15, 0.2) is 133 Å². The van der Waals surface area contributed by atoms with Crippen molar-refractivity contribution in [3.8, 4) is 0 Å². The van der Waals surface area contributed by atoms with E-state index in [1.807, 2.05) is 0 Å². The second-order valence-corrected chi connectivity index (χ2v) is 43.5. The molecule has 0 saturated carbocycles. The van der Waals surface area contributed by atoms with E-state index in [1.54, 1.807) is 0 Å². The van der Waals surface area contributed by atoms with Crippen molar-refractivity contribution in [1.82, 2.24) is 0 Å². The first-order valence-corrected chi connectivity index (χ1v) is 43.2. The van der Waals surface area contributed by atoms with Crippen LogP contribution in [0.3, 0.4) is 0 Å². The number of para-hydroxylation sites is 4. The quantitative estimate of drug-likeness (QED) is 0.113. The summed E-state index contributed by atoms with van der Waals surface area (Å²) in [6.07, 6.45) is 0. The van der Waals surface area contributed by atoms with Crippen molar-refractivity contribution in [1.29, 1.82) is 0 Å². The van der Waals surface area contributed by atoms with Crippen molar-refractivity contribution in [2.75, 3.05) is 19.6 Å². The molecule has 12 rings (SSSR count). The molecule has 0 aromatic heterocycles. The highest BCUT2D eigenvalue weighted by molar-refractivity contribution is 6.33. The van der Waals surface area contributed by atoms with Crippen molar-refractivity contribution < 1.29 is 0 Å². The monoisotopic (exact) mass is 1540 g/mol. The first-order valence-electron chi connectivity index (χ1n) is 43.2. The Morgan fingerprint density at radius 1 is 0.164 bits per heavy atom. The first kappa shape index (κ1) is 86.2. The summed E-state index contributed by atoms with van der Waals surface area (Å²) in [6, 6.07) is 53.8. The molecule has 0 aliphatic heterocycles. The van der Waals surface area contributed by atoms with Gasteiger partial charge in [0, 0.05) is 32.3 Å². The molecular weight excluding hydrogens is 1400 g/mol. The van der Waals surface area contributed by atoms with Crippen molar-refractivity contribution in [2.24, 2.45) is 0 Å². The fourth-order valence-electron chi connectivity index (χ4n) is 20.9. The lowest BCUT2D eigenvalue weighted by Gasteiger charge is -2.41. The standard InChI is InChI=1S/C112H142N4/c1-63-45-41-46-64(2)97(63)113(101-71(9)83(105(17,18)19)57-84(72(101)10)106(20,21)22)91-61-92(114(98-65(3)47-42-48-66(98)4)102-73(11)85(107(23,24)25)58-86(74(102)12)108(26,27)28)80-55-56-82-94(116(100-69(7)51-44-52-70(100)8)104-77(15)89(111(35,36)37)60-90(78(104)16)112(38,39)40)62-93(81-54-53-79(91)95(80)96(81)82)115(99-67(5)49-43-50-68(99)6)103-75(13)87(109(29,30)31)59-88(76(103)14)110(32,33)34/h41-62H,1-40H3. The third-order valence-electron chi connectivity index (χ3n) is 26.0. The SMILES string of the molecule is Cc1cccc(C)c1N(c1c(C)c(C(C)(C)C)cc(C(C)(C)C)c1C)c1cc(N(c2c(C)cccc2C)c2c(C)c(C(C)(C)C)cc(C(C)(C)C)c2C)c2ccc3c(N(c4c(C)cccc4C)c4c(C)c(C(C)(C)C)cc(C(C)(C)C)c4C)cc(N(c4c(C)cccc4C)c4c(C)c(C(C)(C)C)cc(C(C)(C)C)c4C)c4ccc1c2c43. The molecule has 12 aromatic carbocycles. The average molecular weight is 1540 g/mol. The van der Waals surface area contributed by atoms with Crippen LogP contribution in [0.2, 0.25) is 0 Å². The zero-order valence-corrected chi connectivity index (χ0v) is 79.5. The number of anilines is 12. The third kappa shape index (κ3) is 14.8. The van der Waals surface area contributed by atoms with Crippen molar-refractivity contribution in [3.63, 3.8) is 0 Å². The Morgan fingerprint density at radius 2 is 0.293 bits per heavy atom. The minimum Gasteiger partial charge on any atom is -0.309 e. The number of rotatable bonds is 12. The molecule has 0 spiro atoms. The molecule has 0 bridgehead atoms. The highest BCUT2D eigenvalue weighted by Gasteiger charge is 2.40. The molecule has 116 heavy (non-hydrogen) atoms. The zero-order chi connectivity index (χ0) is 86.1. The van der Waals surface area contributed by atoms with Crippen molar-refractivity contribution in [3.05, 3.63) is 267 Å². The Hall–Kier alpha value is -9.12. The van der Waals surface area contributed by atoms with E-state index >= 15 is 0 Å². The zero-order valence-electron chi connectivity index (χ0n) is 79.5. The van der Waals surface area contributed by atoms with Gasteiger partial charge in [-0.15, -0.1) is 0 Å². The Bertz CT molecular complexity index is 4970. The minimum atomic E-state index is -0.202. The van der Waals surface area contributed by atoms with Gasteiger partial charge in [-0.1, -0.05) is 287 Å². The van der Waals surface area contributed by atoms with Crippen LogP contribution < -0.4 is 19.6 Å². The molecule has 0 aliphatic rings. The molecule has 0 atom stereocenters. The molecular formula is C112H142N4. The fraction of sp³-hybridized carbons (Fsp3) is 0.429. The van der Waals surface area contributed by atoms with Gasteiger partial charge in [-0.3, -0.25) is 0 Å². The number of hydrogen-bond acceptors (Lipinski definition) is 4. The Morgan fingerprint density at radius 3 is 0.414 bits per heavy atom. The van der Waals surface area contributed by atoms with Crippen LogP contribution in [-0.2, 0) is 43.3 Å². The van der Waals surface area contributed by atoms with Crippen molar-refractivity contribution >= 4 is 101 Å². The summed E-state index contributed by atoms with van der Waals surface area (Å²) in [6.45, 7) is 96.3. The molecule has 0 heterocycles. The summed E-state index contributed by atoms with van der Waals surface area (Å²) in [5.74, 6) is 0. The van der Waals surface area contributed by atoms with E-state index in [9.17, 15) is 0 Å². The van der Waals surface area contributed by atoms with Gasteiger partial charge in [-0.05, 0) is 300 Å². The lowest BCUT2D eigenvalue weighted by molar-refractivity contribution is 0.562. The van der Waals surface area contributed by atoms with Crippen LogP contribution in [0, 0.1) is 111 Å². The van der Waals surface area contributed by atoms with E-state index in [-0.39, 0.29) is 43.3 Å². The van der Waals surface area contributed by atoms with E-state index in [0.29, 0.717) is 0 Å². The van der Waals surface area contributed by atoms with Crippen LogP contribution in [0.5, 0.6) is 0 Å². The Labute approximate surface area is 702 Å².